The maximum Gasteiger partial charge on any atom is 0.264 e. The van der Waals surface area contributed by atoms with Gasteiger partial charge in [0.25, 0.3) is 10.0 Å². The zero-order chi connectivity index (χ0) is 15.0. The third kappa shape index (κ3) is 2.40. The van der Waals surface area contributed by atoms with E-state index in [9.17, 15) is 17.2 Å². The van der Waals surface area contributed by atoms with Gasteiger partial charge in [-0.25, -0.2) is 17.2 Å². The Morgan fingerprint density at radius 2 is 1.81 bits per heavy atom. The number of hydrogen-bond donors (Lipinski definition) is 0. The van der Waals surface area contributed by atoms with Gasteiger partial charge in [-0.2, -0.15) is 0 Å². The molecule has 0 N–H and O–H groups in total. The smallest absolute Gasteiger partial charge is 0.263 e. The number of sulfonamides is 1. The number of hydrogen-bond acceptors (Lipinski definition) is 2. The maximum atomic E-state index is 14.1. The van der Waals surface area contributed by atoms with Gasteiger partial charge in [-0.3, -0.25) is 4.31 Å². The minimum absolute atomic E-state index is 0.0769. The molecule has 110 valence electrons. The van der Waals surface area contributed by atoms with E-state index in [1.54, 1.807) is 12.1 Å². The Bertz CT molecular complexity index is 790. The first-order valence-electron chi connectivity index (χ1n) is 6.56. The summed E-state index contributed by atoms with van der Waals surface area (Å²) in [6, 6.07) is 9.27. The topological polar surface area (TPSA) is 37.4 Å². The highest BCUT2D eigenvalue weighted by Crippen LogP contribution is 2.34. The molecule has 0 aromatic heterocycles. The van der Waals surface area contributed by atoms with Crippen LogP contribution >= 0.6 is 0 Å². The number of anilines is 1. The molecule has 0 saturated carbocycles. The van der Waals surface area contributed by atoms with Crippen molar-refractivity contribution in [3.63, 3.8) is 0 Å². The number of para-hydroxylation sites is 1. The van der Waals surface area contributed by atoms with Gasteiger partial charge in [0.15, 0.2) is 0 Å². The number of nitrogens with zero attached hydrogens (tertiary/aromatic N) is 1. The SMILES string of the molecule is O=S(=O)(c1cccc(F)c1)N1CCCc2cccc(F)c21. The molecule has 1 heterocycles. The van der Waals surface area contributed by atoms with E-state index in [2.05, 4.69) is 0 Å². The van der Waals surface area contributed by atoms with Crippen LogP contribution in [0.1, 0.15) is 12.0 Å². The first-order chi connectivity index (χ1) is 10.00. The van der Waals surface area contributed by atoms with Gasteiger partial charge in [-0.1, -0.05) is 18.2 Å². The largest absolute Gasteiger partial charge is 0.264 e. The average Bonchev–Trinajstić information content (AvgIpc) is 2.47. The van der Waals surface area contributed by atoms with Crippen LogP contribution in [0, 0.1) is 11.6 Å². The Hall–Kier alpha value is -1.95. The number of benzene rings is 2. The molecule has 1 aliphatic heterocycles. The summed E-state index contributed by atoms with van der Waals surface area (Å²) in [4.78, 5) is -0.168. The van der Waals surface area contributed by atoms with Crippen LogP contribution in [0.2, 0.25) is 0 Å². The molecule has 1 aliphatic rings. The van der Waals surface area contributed by atoms with Gasteiger partial charge in [-0.15, -0.1) is 0 Å². The monoisotopic (exact) mass is 309 g/mol. The molecule has 0 saturated heterocycles. The summed E-state index contributed by atoms with van der Waals surface area (Å²) < 4.78 is 53.7. The molecule has 0 fully saturated rings. The van der Waals surface area contributed by atoms with Crippen molar-refractivity contribution in [2.45, 2.75) is 17.7 Å². The van der Waals surface area contributed by atoms with Crippen molar-refractivity contribution in [1.29, 1.82) is 0 Å². The van der Waals surface area contributed by atoms with E-state index in [1.165, 1.54) is 24.3 Å². The second-order valence-corrected chi connectivity index (χ2v) is 6.75. The number of fused-ring (bicyclic) bond motifs is 1. The van der Waals surface area contributed by atoms with E-state index in [1.807, 2.05) is 0 Å². The van der Waals surface area contributed by atoms with Gasteiger partial charge in [-0.05, 0) is 42.7 Å². The fourth-order valence-corrected chi connectivity index (χ4v) is 4.14. The van der Waals surface area contributed by atoms with E-state index in [0.29, 0.717) is 18.4 Å². The van der Waals surface area contributed by atoms with Gasteiger partial charge < -0.3 is 0 Å². The van der Waals surface area contributed by atoms with Crippen LogP contribution in [0.5, 0.6) is 0 Å². The van der Waals surface area contributed by atoms with Gasteiger partial charge in [0.05, 0.1) is 10.6 Å². The predicted molar refractivity (Wildman–Crippen MR) is 75.7 cm³/mol. The molecular formula is C15H13F2NO2S. The zero-order valence-electron chi connectivity index (χ0n) is 11.1. The average molecular weight is 309 g/mol. The Kier molecular flexibility index (Phi) is 3.41. The minimum Gasteiger partial charge on any atom is -0.263 e. The van der Waals surface area contributed by atoms with E-state index < -0.39 is 21.7 Å². The van der Waals surface area contributed by atoms with Crippen LogP contribution in [0.4, 0.5) is 14.5 Å². The lowest BCUT2D eigenvalue weighted by atomic mass is 10.0. The quantitative estimate of drug-likeness (QED) is 0.855. The molecule has 0 amide bonds. The highest BCUT2D eigenvalue weighted by molar-refractivity contribution is 7.92. The van der Waals surface area contributed by atoms with Crippen LogP contribution in [-0.4, -0.2) is 15.0 Å². The first-order valence-corrected chi connectivity index (χ1v) is 8.00. The summed E-state index contributed by atoms with van der Waals surface area (Å²) >= 11 is 0. The minimum atomic E-state index is -3.97. The molecule has 3 nitrogen and oxygen atoms in total. The van der Waals surface area contributed by atoms with Crippen LogP contribution in [0.15, 0.2) is 47.4 Å². The van der Waals surface area contributed by atoms with Crippen molar-refractivity contribution in [3.05, 3.63) is 59.7 Å². The third-order valence-electron chi connectivity index (χ3n) is 3.51. The lowest BCUT2D eigenvalue weighted by Crippen LogP contribution is -2.36. The van der Waals surface area contributed by atoms with Crippen LogP contribution in [0.25, 0.3) is 0 Å². The number of halogens is 2. The molecule has 0 spiro atoms. The lowest BCUT2D eigenvalue weighted by Gasteiger charge is -2.30. The van der Waals surface area contributed by atoms with Crippen LogP contribution in [-0.2, 0) is 16.4 Å². The summed E-state index contributed by atoms with van der Waals surface area (Å²) in [5, 5.41) is 0. The zero-order valence-corrected chi connectivity index (χ0v) is 11.9. The molecule has 0 atom stereocenters. The number of rotatable bonds is 2. The van der Waals surface area contributed by atoms with E-state index in [-0.39, 0.29) is 17.1 Å². The third-order valence-corrected chi connectivity index (χ3v) is 5.31. The van der Waals surface area contributed by atoms with E-state index in [0.717, 1.165) is 10.4 Å². The van der Waals surface area contributed by atoms with Crippen molar-refractivity contribution < 1.29 is 17.2 Å². The van der Waals surface area contributed by atoms with Gasteiger partial charge >= 0.3 is 0 Å². The molecule has 3 rings (SSSR count). The molecule has 2 aromatic carbocycles. The van der Waals surface area contributed by atoms with Gasteiger partial charge in [0.1, 0.15) is 11.6 Å². The standard InChI is InChI=1S/C15H13F2NO2S/c16-12-6-2-7-13(10-12)21(19,20)18-9-3-5-11-4-1-8-14(17)15(11)18/h1-2,4,6-8,10H,3,5,9H2. The molecule has 2 aromatic rings. The van der Waals surface area contributed by atoms with Crippen LogP contribution < -0.4 is 4.31 Å². The van der Waals surface area contributed by atoms with Gasteiger partial charge in [0.2, 0.25) is 0 Å². The maximum absolute atomic E-state index is 14.1. The predicted octanol–water partition coefficient (Wildman–Crippen LogP) is 3.11. The fourth-order valence-electron chi connectivity index (χ4n) is 2.56. The van der Waals surface area contributed by atoms with E-state index in [4.69, 9.17) is 0 Å². The Balaban J connectivity index is 2.14. The molecule has 0 aliphatic carbocycles. The normalized spacial score (nSPS) is 14.9. The molecule has 0 radical (unpaired) electrons. The fraction of sp³-hybridized carbons (Fsp3) is 0.200. The molecule has 0 unspecified atom stereocenters. The van der Waals surface area contributed by atoms with Crippen LogP contribution in [0.3, 0.4) is 0 Å². The van der Waals surface area contributed by atoms with Crippen molar-refractivity contribution in [1.82, 2.24) is 0 Å². The van der Waals surface area contributed by atoms with Crippen molar-refractivity contribution >= 4 is 15.7 Å². The molecule has 6 heteroatoms. The summed E-state index contributed by atoms with van der Waals surface area (Å²) in [6.45, 7) is 0.187. The van der Waals surface area contributed by atoms with E-state index >= 15 is 0 Å². The Labute approximate surface area is 121 Å². The summed E-state index contributed by atoms with van der Waals surface area (Å²) in [5.41, 5.74) is 0.731. The highest BCUT2D eigenvalue weighted by Gasteiger charge is 2.31. The lowest BCUT2D eigenvalue weighted by molar-refractivity contribution is 0.574. The second-order valence-electron chi connectivity index (χ2n) is 4.89. The summed E-state index contributed by atoms with van der Waals surface area (Å²) in [7, 11) is -3.97. The van der Waals surface area contributed by atoms with Crippen molar-refractivity contribution in [2.75, 3.05) is 10.8 Å². The molecule has 0 bridgehead atoms. The van der Waals surface area contributed by atoms with Gasteiger partial charge in [0, 0.05) is 6.54 Å². The Morgan fingerprint density at radius 1 is 1.05 bits per heavy atom. The van der Waals surface area contributed by atoms with Crippen molar-refractivity contribution in [3.8, 4) is 0 Å². The summed E-state index contributed by atoms with van der Waals surface area (Å²) in [6.07, 6.45) is 1.23. The molecular weight excluding hydrogens is 296 g/mol. The first kappa shape index (κ1) is 14.0. The molecule has 21 heavy (non-hydrogen) atoms. The Morgan fingerprint density at radius 3 is 2.57 bits per heavy atom. The second kappa shape index (κ2) is 5.11. The number of aryl methyl sites for hydroxylation is 1. The highest BCUT2D eigenvalue weighted by atomic mass is 32.2. The van der Waals surface area contributed by atoms with Crippen molar-refractivity contribution in [2.24, 2.45) is 0 Å². The summed E-state index contributed by atoms with van der Waals surface area (Å²) in [5.74, 6) is -1.21.